The molecule has 66 valence electrons. The molecular weight excluding hydrogens is 164 g/mol. The van der Waals surface area contributed by atoms with Crippen molar-refractivity contribution >= 4 is 5.69 Å². The molecule has 0 spiro atoms. The lowest BCUT2D eigenvalue weighted by atomic mass is 10.2. The lowest BCUT2D eigenvalue weighted by molar-refractivity contribution is 0.326. The van der Waals surface area contributed by atoms with Crippen molar-refractivity contribution in [3.05, 3.63) is 35.2 Å². The number of benzene rings is 1. The summed E-state index contributed by atoms with van der Waals surface area (Å²) in [6.07, 6.45) is 0. The maximum Gasteiger partial charge on any atom is 0.190 e. The van der Waals surface area contributed by atoms with E-state index in [1.54, 1.807) is 6.07 Å². The maximum atomic E-state index is 6.87. The van der Waals surface area contributed by atoms with E-state index in [9.17, 15) is 0 Å². The summed E-state index contributed by atoms with van der Waals surface area (Å²) in [5.74, 6) is 0.846. The van der Waals surface area contributed by atoms with Crippen molar-refractivity contribution in [3.8, 4) is 5.75 Å². The topological polar surface area (TPSA) is 25.6 Å². The molecule has 0 atom stereocenters. The third-order valence-electron chi connectivity index (χ3n) is 2.03. The van der Waals surface area contributed by atoms with Crippen molar-refractivity contribution in [2.24, 2.45) is 0 Å². The van der Waals surface area contributed by atoms with Gasteiger partial charge in [0.15, 0.2) is 5.69 Å². The quantitative estimate of drug-likeness (QED) is 0.606. The molecule has 0 radical (unpaired) electrons. The average Bonchev–Trinajstić information content (AvgIpc) is 2.41. The molecule has 0 saturated heterocycles. The summed E-state index contributed by atoms with van der Waals surface area (Å²) in [6, 6.07) is 5.57. The molecule has 1 aliphatic heterocycles. The first-order valence-electron chi connectivity index (χ1n) is 4.24. The highest BCUT2D eigenvalue weighted by molar-refractivity contribution is 5.52. The van der Waals surface area contributed by atoms with Gasteiger partial charge in [-0.25, -0.2) is 4.85 Å². The summed E-state index contributed by atoms with van der Waals surface area (Å²) in [6.45, 7) is 9.23. The first-order valence-corrected chi connectivity index (χ1v) is 4.24. The van der Waals surface area contributed by atoms with Crippen LogP contribution < -0.4 is 10.1 Å². The number of nitrogens with one attached hydrogen (secondary N) is 1. The maximum absolute atomic E-state index is 6.87. The van der Waals surface area contributed by atoms with Crippen LogP contribution in [0.25, 0.3) is 4.85 Å². The van der Waals surface area contributed by atoms with Crippen LogP contribution in [0.4, 0.5) is 5.69 Å². The van der Waals surface area contributed by atoms with Crippen LogP contribution in [-0.4, -0.2) is 13.2 Å². The zero-order chi connectivity index (χ0) is 9.10. The third kappa shape index (κ3) is 1.63. The Hall–Kier alpha value is -1.53. The predicted molar refractivity (Wildman–Crippen MR) is 49.9 cm³/mol. The second-order valence-corrected chi connectivity index (χ2v) is 2.93. The highest BCUT2D eigenvalue weighted by Gasteiger charge is 2.07. The molecule has 1 aliphatic rings. The van der Waals surface area contributed by atoms with Gasteiger partial charge in [-0.3, -0.25) is 0 Å². The zero-order valence-corrected chi connectivity index (χ0v) is 7.21. The van der Waals surface area contributed by atoms with Crippen LogP contribution in [0, 0.1) is 6.57 Å². The number of ether oxygens (including phenoxy) is 1. The molecule has 0 fully saturated rings. The summed E-state index contributed by atoms with van der Waals surface area (Å²) < 4.78 is 5.49. The largest absolute Gasteiger partial charge is 0.493 e. The van der Waals surface area contributed by atoms with E-state index in [1.807, 2.05) is 12.1 Å². The molecule has 3 nitrogen and oxygen atoms in total. The van der Waals surface area contributed by atoms with Gasteiger partial charge >= 0.3 is 0 Å². The molecule has 0 aromatic heterocycles. The minimum atomic E-state index is 0.639. The molecule has 1 N–H and O–H groups in total. The van der Waals surface area contributed by atoms with Crippen LogP contribution in [0.1, 0.15) is 5.56 Å². The van der Waals surface area contributed by atoms with Crippen molar-refractivity contribution in [2.45, 2.75) is 6.54 Å². The van der Waals surface area contributed by atoms with E-state index in [2.05, 4.69) is 10.2 Å². The summed E-state index contributed by atoms with van der Waals surface area (Å²) in [5, 5.41) is 3.24. The Labute approximate surface area is 77.2 Å². The lowest BCUT2D eigenvalue weighted by Gasteiger charge is -2.05. The summed E-state index contributed by atoms with van der Waals surface area (Å²) in [5.41, 5.74) is 1.77. The Morgan fingerprint density at radius 1 is 1.46 bits per heavy atom. The standard InChI is InChI=1S/C10H10N2O/c1-11-9-3-2-8-7-12-4-5-13-10(8)6-9/h2-3,6,12H,4-5,7H2. The molecule has 1 heterocycles. The highest BCUT2D eigenvalue weighted by atomic mass is 16.5. The van der Waals surface area contributed by atoms with Crippen molar-refractivity contribution < 1.29 is 4.74 Å². The molecule has 0 bridgehead atoms. The fourth-order valence-electron chi connectivity index (χ4n) is 1.35. The van der Waals surface area contributed by atoms with E-state index in [4.69, 9.17) is 11.3 Å². The summed E-state index contributed by atoms with van der Waals surface area (Å²) in [4.78, 5) is 3.36. The molecule has 0 unspecified atom stereocenters. The smallest absolute Gasteiger partial charge is 0.190 e. The minimum Gasteiger partial charge on any atom is -0.493 e. The van der Waals surface area contributed by atoms with Gasteiger partial charge < -0.3 is 10.1 Å². The second-order valence-electron chi connectivity index (χ2n) is 2.93. The number of hydrogen-bond donors (Lipinski definition) is 1. The van der Waals surface area contributed by atoms with Crippen molar-refractivity contribution in [1.29, 1.82) is 0 Å². The van der Waals surface area contributed by atoms with Crippen LogP contribution in [0.2, 0.25) is 0 Å². The van der Waals surface area contributed by atoms with Crippen LogP contribution in [0.5, 0.6) is 5.75 Å². The van der Waals surface area contributed by atoms with Gasteiger partial charge in [-0.05, 0) is 6.07 Å². The van der Waals surface area contributed by atoms with Gasteiger partial charge in [0.25, 0.3) is 0 Å². The number of rotatable bonds is 0. The molecule has 0 amide bonds. The van der Waals surface area contributed by atoms with Gasteiger partial charge in [0.1, 0.15) is 12.4 Å². The Kier molecular flexibility index (Phi) is 2.15. The van der Waals surface area contributed by atoms with E-state index in [0.29, 0.717) is 12.3 Å². The average molecular weight is 174 g/mol. The minimum absolute atomic E-state index is 0.639. The van der Waals surface area contributed by atoms with E-state index >= 15 is 0 Å². The number of nitrogens with zero attached hydrogens (tertiary/aromatic N) is 1. The van der Waals surface area contributed by atoms with Gasteiger partial charge in [0.05, 0.1) is 6.57 Å². The molecule has 13 heavy (non-hydrogen) atoms. The Balaban J connectivity index is 2.39. The fraction of sp³-hybridized carbons (Fsp3) is 0.300. The van der Waals surface area contributed by atoms with Gasteiger partial charge in [-0.1, -0.05) is 12.1 Å². The number of hydrogen-bond acceptors (Lipinski definition) is 2. The second kappa shape index (κ2) is 3.46. The van der Waals surface area contributed by atoms with E-state index in [1.165, 1.54) is 0 Å². The molecule has 1 aromatic carbocycles. The zero-order valence-electron chi connectivity index (χ0n) is 7.21. The molecule has 3 heteroatoms. The molecule has 0 aliphatic carbocycles. The third-order valence-corrected chi connectivity index (χ3v) is 2.03. The van der Waals surface area contributed by atoms with Gasteiger partial charge in [-0.15, -0.1) is 0 Å². The first kappa shape index (κ1) is 8.09. The highest BCUT2D eigenvalue weighted by Crippen LogP contribution is 2.25. The molecule has 1 aromatic rings. The van der Waals surface area contributed by atoms with E-state index in [0.717, 1.165) is 24.4 Å². The van der Waals surface area contributed by atoms with E-state index in [-0.39, 0.29) is 0 Å². The van der Waals surface area contributed by atoms with Gasteiger partial charge in [-0.2, -0.15) is 0 Å². The molecule has 0 saturated carbocycles. The van der Waals surface area contributed by atoms with Gasteiger partial charge in [0, 0.05) is 18.7 Å². The lowest BCUT2D eigenvalue weighted by Crippen LogP contribution is -2.16. The number of fused-ring (bicyclic) bond motifs is 1. The first-order chi connectivity index (χ1) is 6.40. The predicted octanol–water partition coefficient (Wildman–Crippen LogP) is 1.72. The van der Waals surface area contributed by atoms with Crippen molar-refractivity contribution in [2.75, 3.05) is 13.2 Å². The Morgan fingerprint density at radius 2 is 2.38 bits per heavy atom. The monoisotopic (exact) mass is 174 g/mol. The SMILES string of the molecule is [C-]#[N+]c1ccc2c(c1)OCCNC2. The van der Waals surface area contributed by atoms with Crippen molar-refractivity contribution in [1.82, 2.24) is 5.32 Å². The van der Waals surface area contributed by atoms with Gasteiger partial charge in [0.2, 0.25) is 0 Å². The van der Waals surface area contributed by atoms with Crippen LogP contribution >= 0.6 is 0 Å². The summed E-state index contributed by atoms with van der Waals surface area (Å²) >= 11 is 0. The van der Waals surface area contributed by atoms with Crippen LogP contribution in [0.3, 0.4) is 0 Å². The Bertz CT molecular complexity index is 354. The Morgan fingerprint density at radius 3 is 3.23 bits per heavy atom. The van der Waals surface area contributed by atoms with E-state index < -0.39 is 0 Å². The van der Waals surface area contributed by atoms with Crippen molar-refractivity contribution in [3.63, 3.8) is 0 Å². The molecular formula is C10H10N2O. The van der Waals surface area contributed by atoms with Crippen LogP contribution in [0.15, 0.2) is 18.2 Å². The summed E-state index contributed by atoms with van der Waals surface area (Å²) in [7, 11) is 0. The van der Waals surface area contributed by atoms with Crippen LogP contribution in [-0.2, 0) is 6.54 Å². The fourth-order valence-corrected chi connectivity index (χ4v) is 1.35. The molecule has 2 rings (SSSR count). The normalized spacial score (nSPS) is 15.0.